The van der Waals surface area contributed by atoms with Crippen molar-refractivity contribution in [2.75, 3.05) is 18.6 Å². The molecule has 5 unspecified atom stereocenters. The van der Waals surface area contributed by atoms with Crippen molar-refractivity contribution >= 4 is 35.5 Å². The third-order valence-electron chi connectivity index (χ3n) is 6.48. The largest absolute Gasteiger partial charge is 0.480 e. The highest BCUT2D eigenvalue weighted by molar-refractivity contribution is 7.98. The first-order valence-electron chi connectivity index (χ1n) is 12.1. The van der Waals surface area contributed by atoms with Gasteiger partial charge in [0.1, 0.15) is 18.1 Å². The van der Waals surface area contributed by atoms with E-state index in [1.54, 1.807) is 0 Å². The average Bonchev–Trinajstić information content (AvgIpc) is 3.34. The van der Waals surface area contributed by atoms with Crippen LogP contribution in [0.4, 0.5) is 0 Å². The van der Waals surface area contributed by atoms with Gasteiger partial charge in [0.2, 0.25) is 17.7 Å². The van der Waals surface area contributed by atoms with Crippen LogP contribution in [0.25, 0.3) is 0 Å². The third-order valence-corrected chi connectivity index (χ3v) is 7.12. The smallest absolute Gasteiger partial charge is 0.326 e. The number of hydrogen-bond donors (Lipinski definition) is 4. The zero-order valence-corrected chi connectivity index (χ0v) is 21.6. The standard InChI is InChI=1S/C25H38N4O5S/c1-4-16(2)21(28-22(30)18(26)15-17-9-6-5-7-10-17)24(32)29-13-8-11-20(29)23(31)27-19(25(33)34)12-14-35-3/h5-7,9-10,16,18-21H,4,8,11-15,26H2,1-3H3,(H,27,31)(H,28,30)(H,33,34). The van der Waals surface area contributed by atoms with Crippen LogP contribution in [0.2, 0.25) is 0 Å². The monoisotopic (exact) mass is 506 g/mol. The number of nitrogens with two attached hydrogens (primary N) is 1. The van der Waals surface area contributed by atoms with Crippen LogP contribution in [-0.4, -0.2) is 76.4 Å². The van der Waals surface area contributed by atoms with Gasteiger partial charge in [-0.25, -0.2) is 4.79 Å². The number of carbonyl (C=O) groups excluding carboxylic acids is 3. The number of hydrogen-bond acceptors (Lipinski definition) is 6. The Kier molecular flexibility index (Phi) is 11.5. The van der Waals surface area contributed by atoms with E-state index in [1.165, 1.54) is 16.7 Å². The lowest BCUT2D eigenvalue weighted by Crippen LogP contribution is -2.58. The van der Waals surface area contributed by atoms with Crippen LogP contribution in [0.1, 0.15) is 45.1 Å². The molecule has 0 bridgehead atoms. The second-order valence-electron chi connectivity index (χ2n) is 9.04. The van der Waals surface area contributed by atoms with E-state index in [1.807, 2.05) is 50.4 Å². The highest BCUT2D eigenvalue weighted by Crippen LogP contribution is 2.22. The number of amides is 3. The molecule has 1 saturated heterocycles. The highest BCUT2D eigenvalue weighted by atomic mass is 32.2. The number of aliphatic carboxylic acids is 1. The molecule has 194 valence electrons. The van der Waals surface area contributed by atoms with Gasteiger partial charge in [0.15, 0.2) is 0 Å². The Morgan fingerprint density at radius 3 is 2.49 bits per heavy atom. The van der Waals surface area contributed by atoms with E-state index in [0.29, 0.717) is 44.4 Å². The predicted octanol–water partition coefficient (Wildman–Crippen LogP) is 1.40. The maximum absolute atomic E-state index is 13.5. The van der Waals surface area contributed by atoms with E-state index < -0.39 is 42.0 Å². The summed E-state index contributed by atoms with van der Waals surface area (Å²) in [6, 6.07) is 6.00. The molecular formula is C25H38N4O5S. The molecule has 0 aliphatic carbocycles. The fraction of sp³-hybridized carbons (Fsp3) is 0.600. The lowest BCUT2D eigenvalue weighted by Gasteiger charge is -2.32. The van der Waals surface area contributed by atoms with Crippen molar-refractivity contribution in [3.05, 3.63) is 35.9 Å². The molecule has 10 heteroatoms. The van der Waals surface area contributed by atoms with Crippen molar-refractivity contribution in [3.63, 3.8) is 0 Å². The minimum Gasteiger partial charge on any atom is -0.480 e. The molecule has 1 aromatic carbocycles. The van der Waals surface area contributed by atoms with Crippen LogP contribution in [0.5, 0.6) is 0 Å². The Labute approximate surface area is 211 Å². The van der Waals surface area contributed by atoms with E-state index in [2.05, 4.69) is 10.6 Å². The third kappa shape index (κ3) is 8.24. The molecule has 1 fully saturated rings. The van der Waals surface area contributed by atoms with Gasteiger partial charge in [0, 0.05) is 6.54 Å². The van der Waals surface area contributed by atoms with Gasteiger partial charge in [-0.2, -0.15) is 11.8 Å². The fourth-order valence-corrected chi connectivity index (χ4v) is 4.62. The summed E-state index contributed by atoms with van der Waals surface area (Å²) in [5, 5.41) is 14.9. The Bertz CT molecular complexity index is 869. The molecule has 1 aliphatic rings. The maximum Gasteiger partial charge on any atom is 0.326 e. The number of benzene rings is 1. The van der Waals surface area contributed by atoms with Crippen LogP contribution >= 0.6 is 11.8 Å². The number of carbonyl (C=O) groups is 4. The van der Waals surface area contributed by atoms with Crippen molar-refractivity contribution < 1.29 is 24.3 Å². The molecular weight excluding hydrogens is 468 g/mol. The maximum atomic E-state index is 13.5. The van der Waals surface area contributed by atoms with E-state index in [0.717, 1.165) is 5.56 Å². The molecule has 2 rings (SSSR count). The molecule has 0 radical (unpaired) electrons. The van der Waals surface area contributed by atoms with Crippen LogP contribution in [0.15, 0.2) is 30.3 Å². The number of carboxylic acids is 1. The van der Waals surface area contributed by atoms with Crippen LogP contribution in [0, 0.1) is 5.92 Å². The van der Waals surface area contributed by atoms with E-state index >= 15 is 0 Å². The highest BCUT2D eigenvalue weighted by Gasteiger charge is 2.40. The number of carboxylic acid groups (broad SMARTS) is 1. The number of likely N-dealkylation sites (tertiary alicyclic amines) is 1. The summed E-state index contributed by atoms with van der Waals surface area (Å²) in [5.41, 5.74) is 7.06. The molecule has 1 heterocycles. The first-order valence-corrected chi connectivity index (χ1v) is 13.5. The summed E-state index contributed by atoms with van der Waals surface area (Å²) in [5.74, 6) is -1.91. The number of rotatable bonds is 13. The first kappa shape index (κ1) is 28.6. The topological polar surface area (TPSA) is 142 Å². The first-order chi connectivity index (χ1) is 16.7. The molecule has 0 saturated carbocycles. The summed E-state index contributed by atoms with van der Waals surface area (Å²) in [7, 11) is 0. The van der Waals surface area contributed by atoms with Crippen molar-refractivity contribution in [1.29, 1.82) is 0 Å². The summed E-state index contributed by atoms with van der Waals surface area (Å²) in [4.78, 5) is 52.4. The normalized spacial score (nSPS) is 18.9. The summed E-state index contributed by atoms with van der Waals surface area (Å²) < 4.78 is 0. The van der Waals surface area contributed by atoms with Crippen molar-refractivity contribution in [2.45, 2.75) is 70.1 Å². The minimum absolute atomic E-state index is 0.173. The molecule has 9 nitrogen and oxygen atoms in total. The van der Waals surface area contributed by atoms with E-state index in [4.69, 9.17) is 5.73 Å². The molecule has 1 aliphatic heterocycles. The quantitative estimate of drug-likeness (QED) is 0.317. The van der Waals surface area contributed by atoms with Crippen LogP contribution < -0.4 is 16.4 Å². The van der Waals surface area contributed by atoms with Gasteiger partial charge in [0.25, 0.3) is 0 Å². The minimum atomic E-state index is -1.10. The molecule has 0 aromatic heterocycles. The lowest BCUT2D eigenvalue weighted by atomic mass is 9.96. The van der Waals surface area contributed by atoms with E-state index in [-0.39, 0.29) is 11.8 Å². The molecule has 5 N–H and O–H groups in total. The van der Waals surface area contributed by atoms with Crippen molar-refractivity contribution in [1.82, 2.24) is 15.5 Å². The second kappa shape index (κ2) is 14.1. The molecule has 1 aromatic rings. The fourth-order valence-electron chi connectivity index (χ4n) is 4.15. The van der Waals surface area contributed by atoms with Gasteiger partial charge in [0.05, 0.1) is 6.04 Å². The van der Waals surface area contributed by atoms with Gasteiger partial charge in [-0.3, -0.25) is 14.4 Å². The van der Waals surface area contributed by atoms with Gasteiger partial charge in [-0.1, -0.05) is 50.6 Å². The van der Waals surface area contributed by atoms with Crippen molar-refractivity contribution in [3.8, 4) is 0 Å². The summed E-state index contributed by atoms with van der Waals surface area (Å²) >= 11 is 1.50. The second-order valence-corrected chi connectivity index (χ2v) is 10.0. The zero-order valence-electron chi connectivity index (χ0n) is 20.7. The van der Waals surface area contributed by atoms with Gasteiger partial charge >= 0.3 is 5.97 Å². The van der Waals surface area contributed by atoms with Crippen molar-refractivity contribution in [2.24, 2.45) is 11.7 Å². The lowest BCUT2D eigenvalue weighted by molar-refractivity contribution is -0.145. The Morgan fingerprint density at radius 1 is 1.20 bits per heavy atom. The summed E-state index contributed by atoms with van der Waals surface area (Å²) in [6.07, 6.45) is 4.23. The number of nitrogens with one attached hydrogen (secondary N) is 2. The molecule has 3 amide bonds. The van der Waals surface area contributed by atoms with Gasteiger partial charge in [-0.15, -0.1) is 0 Å². The number of nitrogens with zero attached hydrogens (tertiary/aromatic N) is 1. The number of thioether (sulfide) groups is 1. The van der Waals surface area contributed by atoms with Crippen LogP contribution in [0.3, 0.4) is 0 Å². The van der Waals surface area contributed by atoms with Gasteiger partial charge in [-0.05, 0) is 49.2 Å². The average molecular weight is 507 g/mol. The summed E-state index contributed by atoms with van der Waals surface area (Å²) in [6.45, 7) is 4.18. The Morgan fingerprint density at radius 2 is 1.89 bits per heavy atom. The SMILES string of the molecule is CCC(C)C(NC(=O)C(N)Cc1ccccc1)C(=O)N1CCCC1C(=O)NC(CCSC)C(=O)O. The van der Waals surface area contributed by atoms with E-state index in [9.17, 15) is 24.3 Å². The molecule has 35 heavy (non-hydrogen) atoms. The van der Waals surface area contributed by atoms with Crippen LogP contribution in [-0.2, 0) is 25.6 Å². The molecule has 5 atom stereocenters. The predicted molar refractivity (Wildman–Crippen MR) is 137 cm³/mol. The molecule has 0 spiro atoms. The Hall–Kier alpha value is -2.59. The Balaban J connectivity index is 2.10. The van der Waals surface area contributed by atoms with Gasteiger partial charge < -0.3 is 26.4 Å². The zero-order chi connectivity index (χ0) is 26.0.